The molecular weight excluding hydrogens is 699 g/mol. The van der Waals surface area contributed by atoms with Gasteiger partial charge < -0.3 is 38.6 Å². The molecule has 0 aliphatic carbocycles. The Bertz CT molecular complexity index is 2000. The number of methoxy groups -OCH3 is 2. The van der Waals surface area contributed by atoms with E-state index in [4.69, 9.17) is 44.1 Å². The van der Waals surface area contributed by atoms with Gasteiger partial charge in [0.05, 0.1) is 44.2 Å². The van der Waals surface area contributed by atoms with Gasteiger partial charge in [-0.15, -0.1) is 0 Å². The van der Waals surface area contributed by atoms with Gasteiger partial charge in [-0.2, -0.15) is 0 Å². The summed E-state index contributed by atoms with van der Waals surface area (Å²) in [6.07, 6.45) is -3.08. The second kappa shape index (κ2) is 17.8. The molecule has 4 atom stereocenters. The van der Waals surface area contributed by atoms with Crippen LogP contribution in [0.5, 0.6) is 5.75 Å². The molecule has 1 fully saturated rings. The minimum atomic E-state index is -2.82. The molecule has 0 spiro atoms. The second-order valence-corrected chi connectivity index (χ2v) is 13.3. The van der Waals surface area contributed by atoms with E-state index in [1.165, 1.54) is 19.2 Å². The number of halogens is 2. The lowest BCUT2D eigenvalue weighted by atomic mass is 9.80. The monoisotopic (exact) mass is 745 g/mol. The fraction of sp³-hybridized carbons (Fsp3) is 0.302. The van der Waals surface area contributed by atoms with Crippen LogP contribution in [0.4, 0.5) is 4.39 Å². The van der Waals surface area contributed by atoms with E-state index >= 15 is 4.39 Å². The fourth-order valence-electron chi connectivity index (χ4n) is 6.68. The first-order chi connectivity index (χ1) is 27.0. The molecule has 1 aliphatic rings. The molecule has 278 valence electrons. The van der Waals surface area contributed by atoms with Crippen LogP contribution in [0, 0.1) is 5.82 Å². The van der Waals surface area contributed by atoms with Crippen molar-refractivity contribution in [1.29, 1.82) is 0 Å². The summed E-state index contributed by atoms with van der Waals surface area (Å²) < 4.78 is 75.2. The van der Waals surface area contributed by atoms with E-state index in [0.29, 0.717) is 21.7 Å². The minimum absolute atomic E-state index is 0.102. The van der Waals surface area contributed by atoms with Gasteiger partial charge in [0.2, 0.25) is 5.79 Å². The molecule has 0 radical (unpaired) electrons. The molecule has 8 nitrogen and oxygen atoms in total. The van der Waals surface area contributed by atoms with Gasteiger partial charge in [0.25, 0.3) is 0 Å². The Hall–Kier alpha value is -4.16. The average molecular weight is 746 g/mol. The van der Waals surface area contributed by atoms with Crippen LogP contribution in [0.1, 0.15) is 37.5 Å². The summed E-state index contributed by atoms with van der Waals surface area (Å²) in [4.78, 5) is 0. The first-order valence-electron chi connectivity index (χ1n) is 18.7. The summed E-state index contributed by atoms with van der Waals surface area (Å²) in [6.45, 7) is -1.05. The van der Waals surface area contributed by atoms with Gasteiger partial charge in [0, 0.05) is 17.7 Å². The summed E-state index contributed by atoms with van der Waals surface area (Å²) >= 11 is 6.76. The van der Waals surface area contributed by atoms with E-state index in [9.17, 15) is 10.2 Å². The van der Waals surface area contributed by atoms with Crippen LogP contribution < -0.4 is 4.74 Å². The molecule has 0 aromatic heterocycles. The maximum absolute atomic E-state index is 15.0. The molecule has 6 rings (SSSR count). The molecule has 0 unspecified atom stereocenters. The summed E-state index contributed by atoms with van der Waals surface area (Å²) in [7, 11) is -1.38. The van der Waals surface area contributed by atoms with Crippen molar-refractivity contribution in [1.82, 2.24) is 0 Å². The molecule has 1 heterocycles. The van der Waals surface area contributed by atoms with Crippen molar-refractivity contribution < 1.29 is 47.1 Å². The zero-order valence-electron chi connectivity index (χ0n) is 32.2. The summed E-state index contributed by atoms with van der Waals surface area (Å²) in [5.41, 5.74) is 2.19. The quantitative estimate of drug-likeness (QED) is 0.108. The second-order valence-electron chi connectivity index (χ2n) is 12.9. The zero-order chi connectivity index (χ0) is 39.8. The highest BCUT2D eigenvalue weighted by Gasteiger charge is 2.64. The standard InChI is InChI=1S/C43H44ClFO8/c1-48-38-21-18-33(23-37(38)45)22-34-24-35(19-20-36(34)44)43(49-2)41(52-27-32-16-10-5-11-17-32)39(50-25-30-12-6-3-7-13-30)40(42(28-46,29-47)53-43)51-26-31-14-8-4-9-15-31/h3-21,23-24,39-41,46-47H,22,25-29H2,1-2H3/t39-,40-,41+,43-/m0/s1/i1D3. The van der Waals surface area contributed by atoms with Gasteiger partial charge in [0.15, 0.2) is 11.6 Å². The first kappa shape index (κ1) is 34.6. The predicted molar refractivity (Wildman–Crippen MR) is 199 cm³/mol. The topological polar surface area (TPSA) is 95.8 Å². The summed E-state index contributed by atoms with van der Waals surface area (Å²) in [6, 6.07) is 37.6. The Kier molecular flexibility index (Phi) is 11.6. The van der Waals surface area contributed by atoms with Crippen LogP contribution >= 0.6 is 11.6 Å². The number of ether oxygens (including phenoxy) is 6. The SMILES string of the molecule is [2H]C([2H])([2H])Oc1ccc(Cc2cc([C@]3(OC)OC(CO)(CO)[C@@H](OCc4ccccc4)[C@H](OCc4ccccc4)[C@H]3OCc3ccccc3)ccc2Cl)cc1F. The van der Waals surface area contributed by atoms with Gasteiger partial charge in [-0.05, 0) is 58.5 Å². The Morgan fingerprint density at radius 3 is 1.81 bits per heavy atom. The van der Waals surface area contributed by atoms with Crippen LogP contribution in [0.15, 0.2) is 127 Å². The molecule has 53 heavy (non-hydrogen) atoms. The highest BCUT2D eigenvalue weighted by Crippen LogP contribution is 2.48. The number of aliphatic hydroxyl groups is 2. The molecule has 1 aliphatic heterocycles. The lowest BCUT2D eigenvalue weighted by molar-refractivity contribution is -0.417. The number of benzene rings is 5. The Balaban J connectivity index is 1.45. The van der Waals surface area contributed by atoms with Gasteiger partial charge in [0.1, 0.15) is 23.9 Å². The molecule has 5 aromatic carbocycles. The molecule has 0 saturated carbocycles. The lowest BCUT2D eigenvalue weighted by Gasteiger charge is -2.56. The normalized spacial score (nSPS) is 22.1. The highest BCUT2D eigenvalue weighted by atomic mass is 35.5. The lowest BCUT2D eigenvalue weighted by Crippen LogP contribution is -2.72. The molecule has 0 amide bonds. The van der Waals surface area contributed by atoms with Crippen molar-refractivity contribution in [2.45, 2.75) is 55.9 Å². The molecule has 2 N–H and O–H groups in total. The van der Waals surface area contributed by atoms with E-state index < -0.39 is 61.5 Å². The highest BCUT2D eigenvalue weighted by molar-refractivity contribution is 6.31. The summed E-state index contributed by atoms with van der Waals surface area (Å²) in [5, 5.41) is 22.7. The van der Waals surface area contributed by atoms with Crippen molar-refractivity contribution in [3.63, 3.8) is 0 Å². The Labute approximate surface area is 318 Å². The third kappa shape index (κ3) is 8.64. The number of aliphatic hydroxyl groups excluding tert-OH is 2. The Morgan fingerprint density at radius 1 is 0.717 bits per heavy atom. The van der Waals surface area contributed by atoms with E-state index in [-0.39, 0.29) is 26.2 Å². The average Bonchev–Trinajstić information content (AvgIpc) is 3.21. The fourth-order valence-corrected chi connectivity index (χ4v) is 6.87. The molecule has 1 saturated heterocycles. The smallest absolute Gasteiger partial charge is 0.225 e. The predicted octanol–water partition coefficient (Wildman–Crippen LogP) is 7.39. The number of rotatable bonds is 16. The van der Waals surface area contributed by atoms with Crippen molar-refractivity contribution in [3.05, 3.63) is 172 Å². The van der Waals surface area contributed by atoms with Crippen molar-refractivity contribution >= 4 is 11.6 Å². The third-order valence-electron chi connectivity index (χ3n) is 9.46. The van der Waals surface area contributed by atoms with E-state index in [0.717, 1.165) is 16.7 Å². The van der Waals surface area contributed by atoms with Gasteiger partial charge in [-0.3, -0.25) is 0 Å². The van der Waals surface area contributed by atoms with Crippen molar-refractivity contribution in [2.75, 3.05) is 27.4 Å². The third-order valence-corrected chi connectivity index (χ3v) is 9.83. The number of hydrogen-bond donors (Lipinski definition) is 2. The largest absolute Gasteiger partial charge is 0.494 e. The Morgan fingerprint density at radius 2 is 1.28 bits per heavy atom. The van der Waals surface area contributed by atoms with Crippen LogP contribution in [0.25, 0.3) is 0 Å². The van der Waals surface area contributed by atoms with Crippen LogP contribution in [-0.2, 0) is 55.7 Å². The van der Waals surface area contributed by atoms with Gasteiger partial charge in [-0.1, -0.05) is 115 Å². The van der Waals surface area contributed by atoms with E-state index in [1.807, 2.05) is 91.0 Å². The van der Waals surface area contributed by atoms with Crippen molar-refractivity contribution in [2.24, 2.45) is 0 Å². The summed E-state index contributed by atoms with van der Waals surface area (Å²) in [5.74, 6) is -3.10. The molecule has 10 heteroatoms. The van der Waals surface area contributed by atoms with Crippen LogP contribution in [0.3, 0.4) is 0 Å². The van der Waals surface area contributed by atoms with Crippen LogP contribution in [-0.4, -0.2) is 61.5 Å². The van der Waals surface area contributed by atoms with E-state index in [1.54, 1.807) is 24.3 Å². The van der Waals surface area contributed by atoms with Gasteiger partial charge >= 0.3 is 0 Å². The maximum Gasteiger partial charge on any atom is 0.225 e. The number of hydrogen-bond acceptors (Lipinski definition) is 8. The van der Waals surface area contributed by atoms with Crippen molar-refractivity contribution in [3.8, 4) is 5.75 Å². The maximum atomic E-state index is 15.0. The molecular formula is C43H44ClFO8. The zero-order valence-corrected chi connectivity index (χ0v) is 30.0. The first-order valence-corrected chi connectivity index (χ1v) is 17.6. The van der Waals surface area contributed by atoms with E-state index in [2.05, 4.69) is 0 Å². The molecule has 5 aromatic rings. The molecule has 0 bridgehead atoms. The van der Waals surface area contributed by atoms with Crippen LogP contribution in [0.2, 0.25) is 5.02 Å². The van der Waals surface area contributed by atoms with Gasteiger partial charge in [-0.25, -0.2) is 4.39 Å². The minimum Gasteiger partial charge on any atom is -0.494 e.